The Bertz CT molecular complexity index is 491. The minimum Gasteiger partial charge on any atom is -0.325 e. The van der Waals surface area contributed by atoms with Crippen LogP contribution in [0.5, 0.6) is 0 Å². The first-order valence-corrected chi connectivity index (χ1v) is 6.98. The van der Waals surface area contributed by atoms with Crippen molar-refractivity contribution in [1.29, 1.82) is 0 Å². The molecule has 1 saturated heterocycles. The second-order valence-corrected chi connectivity index (χ2v) is 5.69. The zero-order valence-corrected chi connectivity index (χ0v) is 10.9. The van der Waals surface area contributed by atoms with Gasteiger partial charge in [-0.15, -0.1) is 0 Å². The first kappa shape index (κ1) is 12.6. The number of rotatable bonds is 2. The molecule has 3 nitrogen and oxygen atoms in total. The van der Waals surface area contributed by atoms with Crippen LogP contribution in [0.15, 0.2) is 24.3 Å². The highest BCUT2D eigenvalue weighted by Gasteiger charge is 2.49. The van der Waals surface area contributed by atoms with Crippen molar-refractivity contribution in [2.24, 2.45) is 11.3 Å². The van der Waals surface area contributed by atoms with E-state index in [1.807, 2.05) is 0 Å². The molecular weight excluding hydrogens is 243 g/mol. The zero-order valence-electron chi connectivity index (χ0n) is 10.9. The molecule has 0 bridgehead atoms. The van der Waals surface area contributed by atoms with Crippen LogP contribution >= 0.6 is 0 Å². The summed E-state index contributed by atoms with van der Waals surface area (Å²) in [6.07, 6.45) is 4.37. The highest BCUT2D eigenvalue weighted by Crippen LogP contribution is 2.44. The van der Waals surface area contributed by atoms with Crippen LogP contribution in [0.4, 0.5) is 10.1 Å². The molecule has 1 heterocycles. The first-order chi connectivity index (χ1) is 9.21. The van der Waals surface area contributed by atoms with Gasteiger partial charge in [0, 0.05) is 12.2 Å². The van der Waals surface area contributed by atoms with E-state index >= 15 is 0 Å². The lowest BCUT2D eigenvalue weighted by molar-refractivity contribution is -0.128. The molecule has 1 amide bonds. The average Bonchev–Trinajstić information content (AvgIpc) is 2.83. The molecule has 1 saturated carbocycles. The maximum atomic E-state index is 13.2. The summed E-state index contributed by atoms with van der Waals surface area (Å²) in [6, 6.07) is 6.11. The predicted octanol–water partition coefficient (Wildman–Crippen LogP) is 2.54. The van der Waals surface area contributed by atoms with E-state index in [1.165, 1.54) is 18.6 Å². The second kappa shape index (κ2) is 4.93. The lowest BCUT2D eigenvalue weighted by Gasteiger charge is -2.37. The number of amides is 1. The Hall–Kier alpha value is -1.42. The third-order valence-corrected chi connectivity index (χ3v) is 4.57. The molecule has 0 aromatic heterocycles. The van der Waals surface area contributed by atoms with E-state index in [-0.39, 0.29) is 17.1 Å². The van der Waals surface area contributed by atoms with Gasteiger partial charge in [0.15, 0.2) is 0 Å². The van der Waals surface area contributed by atoms with Crippen LogP contribution in [0.25, 0.3) is 0 Å². The maximum Gasteiger partial charge on any atom is 0.232 e. The molecule has 2 aliphatic rings. The highest BCUT2D eigenvalue weighted by atomic mass is 19.1. The van der Waals surface area contributed by atoms with Crippen molar-refractivity contribution in [1.82, 2.24) is 5.32 Å². The van der Waals surface area contributed by atoms with E-state index in [4.69, 9.17) is 0 Å². The summed E-state index contributed by atoms with van der Waals surface area (Å²) in [7, 11) is 0. The van der Waals surface area contributed by atoms with Crippen molar-refractivity contribution in [2.45, 2.75) is 25.7 Å². The fourth-order valence-corrected chi connectivity index (χ4v) is 3.51. The van der Waals surface area contributed by atoms with Gasteiger partial charge >= 0.3 is 0 Å². The molecule has 1 aliphatic carbocycles. The van der Waals surface area contributed by atoms with E-state index in [0.717, 1.165) is 32.4 Å². The number of hydrogen-bond donors (Lipinski definition) is 2. The third-order valence-electron chi connectivity index (χ3n) is 4.57. The number of halogens is 1. The zero-order chi connectivity index (χ0) is 13.3. The van der Waals surface area contributed by atoms with Crippen LogP contribution in [0, 0.1) is 17.2 Å². The summed E-state index contributed by atoms with van der Waals surface area (Å²) in [4.78, 5) is 12.6. The van der Waals surface area contributed by atoms with Gasteiger partial charge in [-0.25, -0.2) is 4.39 Å². The van der Waals surface area contributed by atoms with E-state index in [1.54, 1.807) is 12.1 Å². The molecule has 0 unspecified atom stereocenters. The summed E-state index contributed by atoms with van der Waals surface area (Å²) in [6.45, 7) is 1.68. The van der Waals surface area contributed by atoms with Gasteiger partial charge in [0.05, 0.1) is 5.41 Å². The van der Waals surface area contributed by atoms with Gasteiger partial charge in [0.25, 0.3) is 0 Å². The summed E-state index contributed by atoms with van der Waals surface area (Å²) in [5, 5.41) is 6.24. The van der Waals surface area contributed by atoms with E-state index in [2.05, 4.69) is 10.6 Å². The number of hydrogen-bond acceptors (Lipinski definition) is 2. The van der Waals surface area contributed by atoms with Crippen molar-refractivity contribution in [3.05, 3.63) is 30.1 Å². The van der Waals surface area contributed by atoms with E-state index in [0.29, 0.717) is 11.6 Å². The molecule has 1 aromatic carbocycles. The van der Waals surface area contributed by atoms with Crippen molar-refractivity contribution in [2.75, 3.05) is 18.4 Å². The quantitative estimate of drug-likeness (QED) is 0.860. The molecule has 0 spiro atoms. The van der Waals surface area contributed by atoms with Gasteiger partial charge in [0.2, 0.25) is 5.91 Å². The summed E-state index contributed by atoms with van der Waals surface area (Å²) >= 11 is 0. The Morgan fingerprint density at radius 2 is 2.32 bits per heavy atom. The number of carbonyl (C=O) groups is 1. The Labute approximate surface area is 112 Å². The Kier molecular flexibility index (Phi) is 3.27. The molecule has 1 aromatic rings. The third kappa shape index (κ3) is 2.25. The maximum absolute atomic E-state index is 13.2. The molecule has 19 heavy (non-hydrogen) atoms. The van der Waals surface area contributed by atoms with Gasteiger partial charge in [-0.05, 0) is 43.5 Å². The molecular formula is C15H19FN2O. The largest absolute Gasteiger partial charge is 0.325 e. The second-order valence-electron chi connectivity index (χ2n) is 5.69. The number of carbonyl (C=O) groups excluding carboxylic acids is 1. The summed E-state index contributed by atoms with van der Waals surface area (Å²) < 4.78 is 13.2. The standard InChI is InChI=1S/C15H19FN2O/c16-12-5-3-6-13(8-12)18-14(19)15-7-2-1-4-11(15)9-17-10-15/h3,5-6,8,11,17H,1-2,4,7,9-10H2,(H,18,19)/t11-,15+/m0/s1. The van der Waals surface area contributed by atoms with Gasteiger partial charge in [0.1, 0.15) is 5.82 Å². The SMILES string of the molecule is O=C(Nc1cccc(F)c1)[C@@]12CCCC[C@H]1CNC2. The number of nitrogens with one attached hydrogen (secondary N) is 2. The van der Waals surface area contributed by atoms with Gasteiger partial charge in [-0.1, -0.05) is 18.9 Å². The minimum atomic E-state index is -0.319. The lowest BCUT2D eigenvalue weighted by Crippen LogP contribution is -2.44. The lowest BCUT2D eigenvalue weighted by atomic mass is 9.67. The van der Waals surface area contributed by atoms with Crippen molar-refractivity contribution in [3.63, 3.8) is 0 Å². The molecule has 2 atom stereocenters. The number of anilines is 1. The summed E-state index contributed by atoms with van der Waals surface area (Å²) in [5.74, 6) is 0.155. The first-order valence-electron chi connectivity index (χ1n) is 6.98. The number of benzene rings is 1. The van der Waals surface area contributed by atoms with Crippen LogP contribution in [-0.2, 0) is 4.79 Å². The fourth-order valence-electron chi connectivity index (χ4n) is 3.51. The number of fused-ring (bicyclic) bond motifs is 1. The topological polar surface area (TPSA) is 41.1 Å². The molecule has 1 aliphatic heterocycles. The monoisotopic (exact) mass is 262 g/mol. The van der Waals surface area contributed by atoms with Crippen molar-refractivity contribution in [3.8, 4) is 0 Å². The minimum absolute atomic E-state index is 0.0489. The Morgan fingerprint density at radius 1 is 1.42 bits per heavy atom. The Morgan fingerprint density at radius 3 is 3.16 bits per heavy atom. The fraction of sp³-hybridized carbons (Fsp3) is 0.533. The van der Waals surface area contributed by atoms with Gasteiger partial charge in [-0.2, -0.15) is 0 Å². The molecule has 3 rings (SSSR count). The van der Waals surface area contributed by atoms with Crippen molar-refractivity contribution < 1.29 is 9.18 Å². The van der Waals surface area contributed by atoms with Crippen LogP contribution in [0.2, 0.25) is 0 Å². The summed E-state index contributed by atoms with van der Waals surface area (Å²) in [5.41, 5.74) is 0.264. The van der Waals surface area contributed by atoms with Crippen molar-refractivity contribution >= 4 is 11.6 Å². The van der Waals surface area contributed by atoms with E-state index in [9.17, 15) is 9.18 Å². The van der Waals surface area contributed by atoms with Crippen LogP contribution < -0.4 is 10.6 Å². The van der Waals surface area contributed by atoms with Gasteiger partial charge < -0.3 is 10.6 Å². The van der Waals surface area contributed by atoms with Crippen LogP contribution in [0.3, 0.4) is 0 Å². The van der Waals surface area contributed by atoms with E-state index < -0.39 is 0 Å². The molecule has 2 fully saturated rings. The van der Waals surface area contributed by atoms with Gasteiger partial charge in [-0.3, -0.25) is 4.79 Å². The molecule has 102 valence electrons. The smallest absolute Gasteiger partial charge is 0.232 e. The molecule has 0 radical (unpaired) electrons. The predicted molar refractivity (Wildman–Crippen MR) is 72.3 cm³/mol. The Balaban J connectivity index is 1.79. The normalized spacial score (nSPS) is 29.8. The highest BCUT2D eigenvalue weighted by molar-refractivity contribution is 5.96. The average molecular weight is 262 g/mol. The van der Waals surface area contributed by atoms with Crippen LogP contribution in [0.1, 0.15) is 25.7 Å². The molecule has 4 heteroatoms. The molecule has 2 N–H and O–H groups in total. The van der Waals surface area contributed by atoms with Crippen LogP contribution in [-0.4, -0.2) is 19.0 Å².